The Hall–Kier alpha value is -5.62. The van der Waals surface area contributed by atoms with E-state index in [9.17, 15) is 19.2 Å². The van der Waals surface area contributed by atoms with Gasteiger partial charge in [-0.2, -0.15) is 0 Å². The summed E-state index contributed by atoms with van der Waals surface area (Å²) in [5.41, 5.74) is 4.29. The predicted octanol–water partition coefficient (Wildman–Crippen LogP) is 7.19. The Morgan fingerprint density at radius 3 is 1.69 bits per heavy atom. The molecule has 2 aliphatic heterocycles. The molecule has 3 fully saturated rings. The number of imide groups is 2. The van der Waals surface area contributed by atoms with Crippen LogP contribution in [-0.4, -0.2) is 23.6 Å². The van der Waals surface area contributed by atoms with Crippen LogP contribution in [0.15, 0.2) is 133 Å². The number of allylic oxidation sites excluding steroid dienone is 4. The third-order valence-corrected chi connectivity index (χ3v) is 11.6. The van der Waals surface area contributed by atoms with Gasteiger partial charge in [0, 0.05) is 22.6 Å². The Morgan fingerprint density at radius 1 is 0.479 bits per heavy atom. The molecule has 0 radical (unpaired) electrons. The summed E-state index contributed by atoms with van der Waals surface area (Å²) in [5, 5.41) is 3.62. The lowest BCUT2D eigenvalue weighted by atomic mass is 9.49. The fraction of sp³-hybridized carbons (Fsp3) is 0.190. The zero-order valence-corrected chi connectivity index (χ0v) is 25.9. The molecule has 232 valence electrons. The third kappa shape index (κ3) is 3.52. The van der Waals surface area contributed by atoms with E-state index in [2.05, 4.69) is 24.3 Å². The first-order chi connectivity index (χ1) is 23.5. The van der Waals surface area contributed by atoms with Crippen molar-refractivity contribution in [1.29, 1.82) is 0 Å². The number of nitrogens with zero attached hydrogens (tertiary/aromatic N) is 2. The van der Waals surface area contributed by atoms with Crippen molar-refractivity contribution in [2.75, 3.05) is 9.80 Å². The molecule has 2 bridgehead atoms. The lowest BCUT2D eigenvalue weighted by Gasteiger charge is -2.51. The highest BCUT2D eigenvalue weighted by molar-refractivity contribution is 6.27. The summed E-state index contributed by atoms with van der Waals surface area (Å²) in [5.74, 6) is -4.25. The number of anilines is 2. The van der Waals surface area contributed by atoms with Gasteiger partial charge in [-0.1, -0.05) is 121 Å². The fourth-order valence-electron chi connectivity index (χ4n) is 9.80. The van der Waals surface area contributed by atoms with Crippen LogP contribution < -0.4 is 9.80 Å². The van der Waals surface area contributed by atoms with Crippen molar-refractivity contribution in [3.63, 3.8) is 0 Å². The molecule has 0 spiro atoms. The van der Waals surface area contributed by atoms with E-state index in [1.165, 1.54) is 9.80 Å². The van der Waals surface area contributed by atoms with Crippen molar-refractivity contribution in [1.82, 2.24) is 0 Å². The average Bonchev–Trinajstić information content (AvgIpc) is 3.56. The Balaban J connectivity index is 1.14. The van der Waals surface area contributed by atoms with Crippen LogP contribution in [0.5, 0.6) is 0 Å². The van der Waals surface area contributed by atoms with Gasteiger partial charge >= 0.3 is 0 Å². The Bertz CT molecular complexity index is 2310. The first kappa shape index (κ1) is 27.5. The molecule has 4 amide bonds. The van der Waals surface area contributed by atoms with Crippen LogP contribution in [0.1, 0.15) is 12.0 Å². The topological polar surface area (TPSA) is 74.8 Å². The number of amides is 4. The van der Waals surface area contributed by atoms with E-state index >= 15 is 0 Å². The van der Waals surface area contributed by atoms with E-state index < -0.39 is 23.7 Å². The minimum Gasteiger partial charge on any atom is -0.274 e. The molecule has 11 rings (SSSR count). The monoisotopic (exact) mass is 626 g/mol. The number of fused-ring (bicyclic) bond motifs is 3. The smallest absolute Gasteiger partial charge is 0.238 e. The predicted molar refractivity (Wildman–Crippen MR) is 184 cm³/mol. The molecule has 0 unspecified atom stereocenters. The summed E-state index contributed by atoms with van der Waals surface area (Å²) < 4.78 is 0. The van der Waals surface area contributed by atoms with Crippen molar-refractivity contribution in [2.24, 2.45) is 41.4 Å². The van der Waals surface area contributed by atoms with E-state index in [1.54, 1.807) is 0 Å². The van der Waals surface area contributed by atoms with Crippen LogP contribution in [0.25, 0.3) is 27.1 Å². The summed E-state index contributed by atoms with van der Waals surface area (Å²) in [6.07, 6.45) is 4.58. The molecule has 48 heavy (non-hydrogen) atoms. The van der Waals surface area contributed by atoms with Crippen molar-refractivity contribution < 1.29 is 19.2 Å². The maximum atomic E-state index is 14.7. The van der Waals surface area contributed by atoms with Gasteiger partial charge in [0.1, 0.15) is 0 Å². The largest absolute Gasteiger partial charge is 0.274 e. The van der Waals surface area contributed by atoms with Crippen molar-refractivity contribution >= 4 is 62.1 Å². The third-order valence-electron chi connectivity index (χ3n) is 11.6. The molecule has 5 aromatic carbocycles. The quantitative estimate of drug-likeness (QED) is 0.157. The van der Waals surface area contributed by atoms with Gasteiger partial charge in [-0.25, -0.2) is 9.80 Å². The molecule has 7 atom stereocenters. The van der Waals surface area contributed by atoms with Crippen molar-refractivity contribution in [2.45, 2.75) is 6.42 Å². The zero-order valence-electron chi connectivity index (χ0n) is 25.9. The first-order valence-electron chi connectivity index (χ1n) is 16.7. The van der Waals surface area contributed by atoms with E-state index in [-0.39, 0.29) is 41.4 Å². The molecule has 6 aliphatic rings. The minimum absolute atomic E-state index is 0.188. The van der Waals surface area contributed by atoms with Gasteiger partial charge in [0.15, 0.2) is 0 Å². The highest BCUT2D eigenvalue weighted by atomic mass is 16.2. The van der Waals surface area contributed by atoms with E-state index in [4.69, 9.17) is 0 Å². The highest BCUT2D eigenvalue weighted by Gasteiger charge is 2.67. The van der Waals surface area contributed by atoms with Crippen LogP contribution in [0.2, 0.25) is 0 Å². The minimum atomic E-state index is -0.619. The van der Waals surface area contributed by atoms with Crippen LogP contribution in [-0.2, 0) is 19.2 Å². The number of hydrogen-bond acceptors (Lipinski definition) is 4. The van der Waals surface area contributed by atoms with Crippen LogP contribution >= 0.6 is 0 Å². The summed E-state index contributed by atoms with van der Waals surface area (Å²) in [6.45, 7) is 0. The molecule has 0 N–H and O–H groups in total. The Morgan fingerprint density at radius 2 is 1.02 bits per heavy atom. The molecule has 6 heteroatoms. The maximum Gasteiger partial charge on any atom is 0.238 e. The maximum absolute atomic E-state index is 14.7. The second-order valence-electron chi connectivity index (χ2n) is 13.7. The number of carbonyl (C=O) groups excluding carboxylic acids is 4. The standard InChI is InChI=1S/C42H30N2O4/c45-39-31-22-30(25-10-2-1-3-11-25)34-28-20-21-29(35(34)38(31)42(48)43(39)32-18-8-14-23-12-4-6-16-26(23)32)37-36(28)40(46)44(41(37)47)33-19-9-15-24-13-5-7-17-27(24)33/h1-21,28-29,31,35-38H,22H2/t28-,29-,31-,35+,36-,37+,38+/m1/s1. The fourth-order valence-corrected chi connectivity index (χ4v) is 9.80. The molecular formula is C42H30N2O4. The van der Waals surface area contributed by atoms with Crippen molar-refractivity contribution in [3.8, 4) is 0 Å². The van der Waals surface area contributed by atoms with Crippen LogP contribution in [0, 0.1) is 41.4 Å². The van der Waals surface area contributed by atoms with Gasteiger partial charge in [-0.3, -0.25) is 19.2 Å². The zero-order chi connectivity index (χ0) is 32.3. The highest BCUT2D eigenvalue weighted by Crippen LogP contribution is 2.63. The van der Waals surface area contributed by atoms with Gasteiger partial charge in [-0.15, -0.1) is 0 Å². The van der Waals surface area contributed by atoms with Gasteiger partial charge < -0.3 is 0 Å². The number of rotatable bonds is 3. The molecule has 2 heterocycles. The molecule has 5 aromatic rings. The molecular weight excluding hydrogens is 596 g/mol. The number of carbonyl (C=O) groups is 4. The summed E-state index contributed by atoms with van der Waals surface area (Å²) in [4.78, 5) is 61.2. The average molecular weight is 627 g/mol. The Labute approximate surface area is 277 Å². The lowest BCUT2D eigenvalue weighted by Crippen LogP contribution is -2.51. The Kier molecular flexibility index (Phi) is 5.69. The van der Waals surface area contributed by atoms with Gasteiger partial charge in [-0.05, 0) is 46.4 Å². The van der Waals surface area contributed by atoms with Crippen LogP contribution in [0.4, 0.5) is 11.4 Å². The second kappa shape index (κ2) is 9.94. The SMILES string of the molecule is O=C1[C@@H]2[C@@H]3C(=C(c4ccccc4)C[C@H]2C(=O)N1c1cccc2ccccc12)[C@H]1C=C[C@H]3[C@@H]2C(=O)N(c3cccc4ccccc34)C(=O)[C@@H]21. The summed E-state index contributed by atoms with van der Waals surface area (Å²) in [6, 6.07) is 37.1. The molecule has 6 nitrogen and oxygen atoms in total. The molecule has 0 aromatic heterocycles. The molecule has 4 aliphatic carbocycles. The second-order valence-corrected chi connectivity index (χ2v) is 13.7. The molecule has 1 saturated carbocycles. The van der Waals surface area contributed by atoms with E-state index in [0.717, 1.165) is 38.3 Å². The van der Waals surface area contributed by atoms with E-state index in [0.29, 0.717) is 17.8 Å². The van der Waals surface area contributed by atoms with Gasteiger partial charge in [0.25, 0.3) is 0 Å². The van der Waals surface area contributed by atoms with Crippen molar-refractivity contribution in [3.05, 3.63) is 139 Å². The van der Waals surface area contributed by atoms with Gasteiger partial charge in [0.2, 0.25) is 23.6 Å². The normalized spacial score (nSPS) is 28.9. The van der Waals surface area contributed by atoms with Gasteiger partial charge in [0.05, 0.1) is 35.0 Å². The van der Waals surface area contributed by atoms with E-state index in [1.807, 2.05) is 103 Å². The number of benzene rings is 5. The van der Waals surface area contributed by atoms with Crippen LogP contribution in [0.3, 0.4) is 0 Å². The first-order valence-corrected chi connectivity index (χ1v) is 16.7. The number of hydrogen-bond donors (Lipinski definition) is 0. The summed E-state index contributed by atoms with van der Waals surface area (Å²) in [7, 11) is 0. The molecule has 2 saturated heterocycles. The summed E-state index contributed by atoms with van der Waals surface area (Å²) >= 11 is 0. The lowest BCUT2D eigenvalue weighted by molar-refractivity contribution is -0.129.